The summed E-state index contributed by atoms with van der Waals surface area (Å²) in [5, 5.41) is 14.1. The van der Waals surface area contributed by atoms with Crippen LogP contribution in [0.25, 0.3) is 11.5 Å². The smallest absolute Gasteiger partial charge is 0.257 e. The highest BCUT2D eigenvalue weighted by Crippen LogP contribution is 2.24. The lowest BCUT2D eigenvalue weighted by atomic mass is 9.94. The van der Waals surface area contributed by atoms with Crippen molar-refractivity contribution in [1.29, 1.82) is 0 Å². The Morgan fingerprint density at radius 3 is 2.87 bits per heavy atom. The molecule has 0 aliphatic carbocycles. The molecule has 2 aromatic heterocycles. The number of aryl methyl sites for hydroxylation is 1. The first-order valence-electron chi connectivity index (χ1n) is 10.00. The summed E-state index contributed by atoms with van der Waals surface area (Å²) in [4.78, 5) is 28.5. The Hall–Kier alpha value is -3.49. The second-order valence-corrected chi connectivity index (χ2v) is 7.54. The maximum atomic E-state index is 12.9. The van der Waals surface area contributed by atoms with Crippen molar-refractivity contribution < 1.29 is 14.1 Å². The monoisotopic (exact) mass is 408 g/mol. The summed E-state index contributed by atoms with van der Waals surface area (Å²) in [6.07, 6.45) is 3.21. The zero-order valence-corrected chi connectivity index (χ0v) is 17.0. The van der Waals surface area contributed by atoms with Gasteiger partial charge in [-0.1, -0.05) is 23.4 Å². The number of carbonyl (C=O) groups excluding carboxylic acids is 2. The number of rotatable bonds is 6. The molecule has 0 spiro atoms. The van der Waals surface area contributed by atoms with Gasteiger partial charge in [0.05, 0.1) is 23.5 Å². The fourth-order valence-corrected chi connectivity index (χ4v) is 3.60. The van der Waals surface area contributed by atoms with E-state index in [4.69, 9.17) is 4.52 Å². The predicted molar refractivity (Wildman–Crippen MR) is 108 cm³/mol. The van der Waals surface area contributed by atoms with E-state index in [1.807, 2.05) is 41.9 Å². The highest BCUT2D eigenvalue weighted by molar-refractivity contribution is 5.95. The molecule has 30 heavy (non-hydrogen) atoms. The van der Waals surface area contributed by atoms with E-state index in [0.29, 0.717) is 30.2 Å². The molecular weight excluding hydrogens is 384 g/mol. The quantitative estimate of drug-likeness (QED) is 0.646. The van der Waals surface area contributed by atoms with Crippen LogP contribution in [0.4, 0.5) is 0 Å². The minimum Gasteiger partial charge on any atom is -0.356 e. The Kier molecular flexibility index (Phi) is 5.60. The zero-order valence-electron chi connectivity index (χ0n) is 17.0. The molecule has 3 heterocycles. The number of benzene rings is 1. The topological polar surface area (TPSA) is 115 Å². The predicted octanol–water partition coefficient (Wildman–Crippen LogP) is 2.12. The molecule has 2 atom stereocenters. The lowest BCUT2D eigenvalue weighted by Gasteiger charge is -2.24. The SMILES string of the molecule is CC(=O)NC[C@@H]1CCn2ncc(C(=O)N[C@@H](C)c3noc(-c4ccccc4)n3)c2C1. The fraction of sp³-hybridized carbons (Fsp3) is 0.381. The highest BCUT2D eigenvalue weighted by Gasteiger charge is 2.27. The van der Waals surface area contributed by atoms with Crippen molar-refractivity contribution in [2.45, 2.75) is 39.3 Å². The summed E-state index contributed by atoms with van der Waals surface area (Å²) in [7, 11) is 0. The molecule has 4 rings (SSSR count). The third-order valence-electron chi connectivity index (χ3n) is 5.26. The average Bonchev–Trinajstić information content (AvgIpc) is 3.40. The van der Waals surface area contributed by atoms with Gasteiger partial charge in [-0.15, -0.1) is 0 Å². The Morgan fingerprint density at radius 2 is 2.10 bits per heavy atom. The first-order chi connectivity index (χ1) is 14.5. The van der Waals surface area contributed by atoms with Crippen molar-refractivity contribution in [3.8, 4) is 11.5 Å². The fourth-order valence-electron chi connectivity index (χ4n) is 3.60. The molecule has 1 aromatic carbocycles. The number of nitrogens with one attached hydrogen (secondary N) is 2. The average molecular weight is 408 g/mol. The Labute approximate surface area is 173 Å². The van der Waals surface area contributed by atoms with Crippen LogP contribution in [-0.4, -0.2) is 38.3 Å². The van der Waals surface area contributed by atoms with Gasteiger partial charge in [-0.05, 0) is 37.8 Å². The van der Waals surface area contributed by atoms with E-state index in [2.05, 4.69) is 25.9 Å². The van der Waals surface area contributed by atoms with Crippen LogP contribution in [0, 0.1) is 5.92 Å². The van der Waals surface area contributed by atoms with Crippen LogP contribution in [0.15, 0.2) is 41.1 Å². The van der Waals surface area contributed by atoms with Gasteiger partial charge in [0.15, 0.2) is 5.82 Å². The third kappa shape index (κ3) is 4.24. The minimum absolute atomic E-state index is 0.0455. The van der Waals surface area contributed by atoms with Crippen LogP contribution in [0.5, 0.6) is 0 Å². The Morgan fingerprint density at radius 1 is 1.30 bits per heavy atom. The minimum atomic E-state index is -0.423. The number of aromatic nitrogens is 4. The number of carbonyl (C=O) groups is 2. The van der Waals surface area contributed by atoms with Crippen molar-refractivity contribution in [3.63, 3.8) is 0 Å². The lowest BCUT2D eigenvalue weighted by molar-refractivity contribution is -0.119. The summed E-state index contributed by atoms with van der Waals surface area (Å²) < 4.78 is 7.20. The van der Waals surface area contributed by atoms with E-state index in [1.165, 1.54) is 6.92 Å². The van der Waals surface area contributed by atoms with Crippen molar-refractivity contribution in [1.82, 2.24) is 30.6 Å². The summed E-state index contributed by atoms with van der Waals surface area (Å²) in [6.45, 7) is 4.65. The Bertz CT molecular complexity index is 1040. The second kappa shape index (κ2) is 8.48. The summed E-state index contributed by atoms with van der Waals surface area (Å²) in [6, 6.07) is 9.05. The molecule has 2 amide bonds. The first kappa shape index (κ1) is 19.8. The maximum Gasteiger partial charge on any atom is 0.257 e. The van der Waals surface area contributed by atoms with Crippen LogP contribution in [0.3, 0.4) is 0 Å². The van der Waals surface area contributed by atoms with E-state index in [0.717, 1.165) is 24.2 Å². The van der Waals surface area contributed by atoms with Crippen molar-refractivity contribution in [2.75, 3.05) is 6.54 Å². The molecular formula is C21H24N6O3. The molecule has 1 aliphatic rings. The molecule has 0 saturated heterocycles. The van der Waals surface area contributed by atoms with Crippen molar-refractivity contribution >= 4 is 11.8 Å². The third-order valence-corrected chi connectivity index (χ3v) is 5.26. The van der Waals surface area contributed by atoms with Crippen LogP contribution in [-0.2, 0) is 17.8 Å². The van der Waals surface area contributed by atoms with Crippen LogP contribution >= 0.6 is 0 Å². The van der Waals surface area contributed by atoms with Gasteiger partial charge in [-0.3, -0.25) is 14.3 Å². The molecule has 0 fully saturated rings. The summed E-state index contributed by atoms with van der Waals surface area (Å²) in [5.41, 5.74) is 2.26. The molecule has 156 valence electrons. The van der Waals surface area contributed by atoms with Gasteiger partial charge in [-0.25, -0.2) is 0 Å². The normalized spacial score (nSPS) is 16.5. The lowest BCUT2D eigenvalue weighted by Crippen LogP contribution is -2.33. The van der Waals surface area contributed by atoms with Crippen LogP contribution in [0.2, 0.25) is 0 Å². The van der Waals surface area contributed by atoms with Gasteiger partial charge < -0.3 is 15.2 Å². The molecule has 1 aliphatic heterocycles. The molecule has 0 unspecified atom stereocenters. The van der Waals surface area contributed by atoms with E-state index in [9.17, 15) is 9.59 Å². The van der Waals surface area contributed by atoms with Gasteiger partial charge in [0.2, 0.25) is 5.91 Å². The van der Waals surface area contributed by atoms with Gasteiger partial charge in [0, 0.05) is 25.6 Å². The zero-order chi connectivity index (χ0) is 21.1. The highest BCUT2D eigenvalue weighted by atomic mass is 16.5. The molecule has 0 radical (unpaired) electrons. The molecule has 9 nitrogen and oxygen atoms in total. The number of hydrogen-bond donors (Lipinski definition) is 2. The first-order valence-corrected chi connectivity index (χ1v) is 10.00. The summed E-state index contributed by atoms with van der Waals surface area (Å²) >= 11 is 0. The number of amides is 2. The molecule has 0 saturated carbocycles. The van der Waals surface area contributed by atoms with Gasteiger partial charge >= 0.3 is 0 Å². The standard InChI is InChI=1S/C21H24N6O3/c1-13(19-25-21(30-26-19)16-6-4-3-5-7-16)24-20(29)17-12-23-27-9-8-15(10-18(17)27)11-22-14(2)28/h3-7,12-13,15H,8-11H2,1-2H3,(H,22,28)(H,24,29)/t13-,15+/m0/s1. The van der Waals surface area contributed by atoms with Crippen molar-refractivity contribution in [3.05, 3.63) is 53.6 Å². The summed E-state index contributed by atoms with van der Waals surface area (Å²) in [5.74, 6) is 0.834. The van der Waals surface area contributed by atoms with Crippen LogP contribution in [0.1, 0.15) is 48.2 Å². The Balaban J connectivity index is 1.43. The number of hydrogen-bond acceptors (Lipinski definition) is 6. The van der Waals surface area contributed by atoms with Gasteiger partial charge in [-0.2, -0.15) is 10.1 Å². The van der Waals surface area contributed by atoms with E-state index >= 15 is 0 Å². The molecule has 0 bridgehead atoms. The number of fused-ring (bicyclic) bond motifs is 1. The largest absolute Gasteiger partial charge is 0.356 e. The molecule has 2 N–H and O–H groups in total. The van der Waals surface area contributed by atoms with Crippen molar-refractivity contribution in [2.24, 2.45) is 5.92 Å². The second-order valence-electron chi connectivity index (χ2n) is 7.54. The maximum absolute atomic E-state index is 12.9. The van der Waals surface area contributed by atoms with E-state index in [-0.39, 0.29) is 17.7 Å². The molecule has 9 heteroatoms. The van der Waals surface area contributed by atoms with E-state index < -0.39 is 6.04 Å². The van der Waals surface area contributed by atoms with Gasteiger partial charge in [0.1, 0.15) is 0 Å². The van der Waals surface area contributed by atoms with Gasteiger partial charge in [0.25, 0.3) is 11.8 Å². The van der Waals surface area contributed by atoms with Crippen LogP contribution < -0.4 is 10.6 Å². The van der Waals surface area contributed by atoms with E-state index in [1.54, 1.807) is 6.20 Å². The molecule has 3 aromatic rings. The number of nitrogens with zero attached hydrogens (tertiary/aromatic N) is 4.